The van der Waals surface area contributed by atoms with Crippen molar-refractivity contribution >= 4 is 10.0 Å². The first kappa shape index (κ1) is 9.40. The SMILES string of the molecule is CC(C)(C)S1(C)CCOCC1. The van der Waals surface area contributed by atoms with Gasteiger partial charge in [-0.25, -0.2) is 10.0 Å². The van der Waals surface area contributed by atoms with Crippen LogP contribution in [0.2, 0.25) is 0 Å². The zero-order valence-corrected chi connectivity index (χ0v) is 8.96. The number of ether oxygens (including phenoxy) is 1. The van der Waals surface area contributed by atoms with E-state index >= 15 is 0 Å². The van der Waals surface area contributed by atoms with Crippen LogP contribution in [-0.2, 0) is 4.74 Å². The van der Waals surface area contributed by atoms with Gasteiger partial charge in [0.25, 0.3) is 0 Å². The van der Waals surface area contributed by atoms with Gasteiger partial charge in [-0.05, 0) is 11.0 Å². The lowest BCUT2D eigenvalue weighted by atomic mass is 10.3. The summed E-state index contributed by atoms with van der Waals surface area (Å²) in [5, 5.41) is 0. The molecule has 1 nitrogen and oxygen atoms in total. The van der Waals surface area contributed by atoms with Gasteiger partial charge >= 0.3 is 0 Å². The Labute approximate surface area is 71.8 Å². The van der Waals surface area contributed by atoms with Crippen molar-refractivity contribution < 1.29 is 4.74 Å². The number of hydrogen-bond donors (Lipinski definition) is 0. The summed E-state index contributed by atoms with van der Waals surface area (Å²) in [4.78, 5) is 0. The molecule has 0 unspecified atom stereocenters. The van der Waals surface area contributed by atoms with Gasteiger partial charge in [-0.2, -0.15) is 0 Å². The third-order valence-corrected chi connectivity index (χ3v) is 7.93. The Morgan fingerprint density at radius 3 is 1.82 bits per heavy atom. The van der Waals surface area contributed by atoms with Crippen molar-refractivity contribution in [2.24, 2.45) is 0 Å². The average molecular weight is 176 g/mol. The minimum absolute atomic E-state index is 0.381. The zero-order chi connectivity index (χ0) is 8.54. The van der Waals surface area contributed by atoms with Crippen LogP contribution in [0.25, 0.3) is 0 Å². The summed E-state index contributed by atoms with van der Waals surface area (Å²) >= 11 is 0. The van der Waals surface area contributed by atoms with Gasteiger partial charge in [0.2, 0.25) is 0 Å². The first-order chi connectivity index (χ1) is 4.96. The molecule has 0 atom stereocenters. The maximum atomic E-state index is 5.38. The second kappa shape index (κ2) is 2.98. The molecule has 0 aromatic rings. The van der Waals surface area contributed by atoms with Crippen molar-refractivity contribution in [1.29, 1.82) is 0 Å². The van der Waals surface area contributed by atoms with E-state index in [4.69, 9.17) is 4.74 Å². The molecule has 1 aliphatic heterocycles. The minimum Gasteiger partial charge on any atom is -0.380 e. The molecular weight excluding hydrogens is 156 g/mol. The van der Waals surface area contributed by atoms with Crippen molar-refractivity contribution in [3.05, 3.63) is 0 Å². The molecule has 0 aromatic carbocycles. The quantitative estimate of drug-likeness (QED) is 0.550. The largest absolute Gasteiger partial charge is 0.380 e. The van der Waals surface area contributed by atoms with Crippen LogP contribution in [0.4, 0.5) is 0 Å². The Balaban J connectivity index is 2.64. The van der Waals surface area contributed by atoms with Crippen molar-refractivity contribution in [3.63, 3.8) is 0 Å². The molecule has 0 spiro atoms. The maximum Gasteiger partial charge on any atom is 0.0542 e. The van der Waals surface area contributed by atoms with Crippen molar-refractivity contribution in [3.8, 4) is 0 Å². The molecule has 0 saturated carbocycles. The van der Waals surface area contributed by atoms with Gasteiger partial charge in [0.15, 0.2) is 0 Å². The van der Waals surface area contributed by atoms with Crippen LogP contribution in [0, 0.1) is 0 Å². The fourth-order valence-corrected chi connectivity index (χ4v) is 3.70. The van der Waals surface area contributed by atoms with Crippen LogP contribution in [-0.4, -0.2) is 35.7 Å². The molecule has 1 heterocycles. The molecule has 0 N–H and O–H groups in total. The van der Waals surface area contributed by atoms with Gasteiger partial charge in [-0.1, -0.05) is 20.8 Å². The molecule has 1 rings (SSSR count). The van der Waals surface area contributed by atoms with Crippen LogP contribution < -0.4 is 0 Å². The lowest BCUT2D eigenvalue weighted by Gasteiger charge is -2.50. The summed E-state index contributed by atoms with van der Waals surface area (Å²) in [6, 6.07) is 0. The summed E-state index contributed by atoms with van der Waals surface area (Å²) in [6.45, 7) is 9.08. The van der Waals surface area contributed by atoms with E-state index in [1.54, 1.807) is 0 Å². The lowest BCUT2D eigenvalue weighted by molar-refractivity contribution is 0.158. The van der Waals surface area contributed by atoms with Gasteiger partial charge in [0, 0.05) is 11.5 Å². The molecule has 11 heavy (non-hydrogen) atoms. The molecule has 0 amide bonds. The van der Waals surface area contributed by atoms with E-state index in [0.29, 0.717) is 4.75 Å². The summed E-state index contributed by atoms with van der Waals surface area (Å²) < 4.78 is 5.89. The molecule has 1 aliphatic rings. The van der Waals surface area contributed by atoms with Crippen LogP contribution in [0.1, 0.15) is 20.8 Å². The Morgan fingerprint density at radius 1 is 1.09 bits per heavy atom. The van der Waals surface area contributed by atoms with Gasteiger partial charge < -0.3 is 4.74 Å². The second-order valence-electron chi connectivity index (χ2n) is 4.41. The Bertz CT molecular complexity index is 131. The van der Waals surface area contributed by atoms with E-state index < -0.39 is 0 Å². The van der Waals surface area contributed by atoms with Crippen molar-refractivity contribution in [2.45, 2.75) is 25.5 Å². The zero-order valence-electron chi connectivity index (χ0n) is 8.14. The first-order valence-electron chi connectivity index (χ1n) is 4.27. The highest BCUT2D eigenvalue weighted by Crippen LogP contribution is 2.56. The third-order valence-electron chi connectivity index (χ3n) is 2.83. The second-order valence-corrected chi connectivity index (χ2v) is 9.00. The first-order valence-corrected chi connectivity index (χ1v) is 6.65. The fraction of sp³-hybridized carbons (Fsp3) is 1.00. The van der Waals surface area contributed by atoms with Crippen LogP contribution >= 0.6 is 10.0 Å². The van der Waals surface area contributed by atoms with Crippen LogP contribution in [0.3, 0.4) is 0 Å². The van der Waals surface area contributed by atoms with Gasteiger partial charge in [0.1, 0.15) is 0 Å². The molecular formula is C9H20OS. The fourth-order valence-electron chi connectivity index (χ4n) is 1.30. The summed E-state index contributed by atoms with van der Waals surface area (Å²) in [7, 11) is -0.381. The maximum absolute atomic E-state index is 5.38. The Hall–Kier alpha value is 0.310. The van der Waals surface area contributed by atoms with Crippen molar-refractivity contribution in [1.82, 2.24) is 0 Å². The predicted octanol–water partition coefficient (Wildman–Crippen LogP) is 2.25. The van der Waals surface area contributed by atoms with E-state index in [1.165, 1.54) is 11.5 Å². The summed E-state index contributed by atoms with van der Waals surface area (Å²) in [5.41, 5.74) is 0. The standard InChI is InChI=1S/C9H20OS/c1-9(2,3)11(4)7-5-10-6-8-11/h5-8H2,1-4H3. The number of hydrogen-bond acceptors (Lipinski definition) is 1. The monoisotopic (exact) mass is 176 g/mol. The number of rotatable bonds is 0. The average Bonchev–Trinajstić information content (AvgIpc) is 1.87. The highest BCUT2D eigenvalue weighted by molar-refractivity contribution is 8.34. The Kier molecular flexibility index (Phi) is 2.55. The predicted molar refractivity (Wildman–Crippen MR) is 53.8 cm³/mol. The molecule has 0 aliphatic carbocycles. The van der Waals surface area contributed by atoms with E-state index in [-0.39, 0.29) is 10.0 Å². The van der Waals surface area contributed by atoms with Crippen LogP contribution in [0.15, 0.2) is 0 Å². The van der Waals surface area contributed by atoms with Crippen LogP contribution in [0.5, 0.6) is 0 Å². The smallest absolute Gasteiger partial charge is 0.0542 e. The van der Waals surface area contributed by atoms with E-state index in [0.717, 1.165) is 13.2 Å². The normalized spacial score (nSPS) is 28.0. The molecule has 0 radical (unpaired) electrons. The molecule has 1 fully saturated rings. The molecule has 2 heteroatoms. The molecule has 68 valence electrons. The summed E-state index contributed by atoms with van der Waals surface area (Å²) in [6.07, 6.45) is 2.47. The molecule has 1 saturated heterocycles. The molecule has 0 bridgehead atoms. The van der Waals surface area contributed by atoms with Crippen molar-refractivity contribution in [2.75, 3.05) is 31.0 Å². The third kappa shape index (κ3) is 1.91. The minimum atomic E-state index is -0.381. The van der Waals surface area contributed by atoms with Gasteiger partial charge in [-0.3, -0.25) is 0 Å². The van der Waals surface area contributed by atoms with Gasteiger partial charge in [0.05, 0.1) is 13.2 Å². The Morgan fingerprint density at radius 2 is 1.55 bits per heavy atom. The highest BCUT2D eigenvalue weighted by Gasteiger charge is 2.33. The highest BCUT2D eigenvalue weighted by atomic mass is 32.3. The molecule has 0 aromatic heterocycles. The topological polar surface area (TPSA) is 9.23 Å². The van der Waals surface area contributed by atoms with Gasteiger partial charge in [-0.15, -0.1) is 0 Å². The van der Waals surface area contributed by atoms with E-state index in [9.17, 15) is 0 Å². The summed E-state index contributed by atoms with van der Waals surface area (Å²) in [5.74, 6) is 2.60. The van der Waals surface area contributed by atoms with E-state index in [2.05, 4.69) is 27.0 Å². The van der Waals surface area contributed by atoms with E-state index in [1.807, 2.05) is 0 Å². The lowest BCUT2D eigenvalue weighted by Crippen LogP contribution is -2.35.